The first-order chi connectivity index (χ1) is 9.54. The molecule has 5 heteroatoms. The predicted octanol–water partition coefficient (Wildman–Crippen LogP) is 3.32. The van der Waals surface area contributed by atoms with Crippen LogP contribution >= 0.6 is 11.3 Å². The highest BCUT2D eigenvalue weighted by atomic mass is 32.1. The number of benzene rings is 1. The monoisotopic (exact) mass is 290 g/mol. The SMILES string of the molecule is Cc1ccc([C@@H](C)NC(=O)NCc2cccc(O)c2)s1. The molecule has 0 aliphatic rings. The third-order valence-electron chi connectivity index (χ3n) is 2.90. The van der Waals surface area contributed by atoms with Crippen LogP contribution in [-0.2, 0) is 6.54 Å². The van der Waals surface area contributed by atoms with Crippen LogP contribution < -0.4 is 10.6 Å². The van der Waals surface area contributed by atoms with Crippen molar-refractivity contribution < 1.29 is 9.90 Å². The highest BCUT2D eigenvalue weighted by Gasteiger charge is 2.10. The van der Waals surface area contributed by atoms with E-state index >= 15 is 0 Å². The van der Waals surface area contributed by atoms with E-state index in [0.717, 1.165) is 10.4 Å². The summed E-state index contributed by atoms with van der Waals surface area (Å²) in [5.41, 5.74) is 0.861. The van der Waals surface area contributed by atoms with E-state index in [9.17, 15) is 9.90 Å². The molecule has 0 radical (unpaired) electrons. The molecule has 2 rings (SSSR count). The van der Waals surface area contributed by atoms with Crippen LogP contribution in [0.1, 0.15) is 28.3 Å². The van der Waals surface area contributed by atoms with E-state index in [1.165, 1.54) is 4.88 Å². The molecule has 0 aliphatic heterocycles. The lowest BCUT2D eigenvalue weighted by atomic mass is 10.2. The Bertz CT molecular complexity index is 595. The molecule has 0 aliphatic carbocycles. The first-order valence-electron chi connectivity index (χ1n) is 6.43. The minimum Gasteiger partial charge on any atom is -0.508 e. The third-order valence-corrected chi connectivity index (χ3v) is 4.08. The number of aryl methyl sites for hydroxylation is 1. The van der Waals surface area contributed by atoms with Gasteiger partial charge in [-0.25, -0.2) is 4.79 Å². The molecular formula is C15H18N2O2S. The van der Waals surface area contributed by atoms with Gasteiger partial charge in [0.2, 0.25) is 0 Å². The van der Waals surface area contributed by atoms with E-state index in [-0.39, 0.29) is 17.8 Å². The number of carbonyl (C=O) groups excluding carboxylic acids is 1. The lowest BCUT2D eigenvalue weighted by molar-refractivity contribution is 0.237. The van der Waals surface area contributed by atoms with Crippen molar-refractivity contribution in [3.05, 3.63) is 51.7 Å². The fraction of sp³-hybridized carbons (Fsp3) is 0.267. The normalized spacial score (nSPS) is 11.9. The second kappa shape index (κ2) is 6.43. The highest BCUT2D eigenvalue weighted by molar-refractivity contribution is 7.12. The molecule has 3 N–H and O–H groups in total. The van der Waals surface area contributed by atoms with Crippen LogP contribution in [0.25, 0.3) is 0 Å². The Morgan fingerprint density at radius 1 is 1.35 bits per heavy atom. The minimum absolute atomic E-state index is 0.0159. The fourth-order valence-electron chi connectivity index (χ4n) is 1.85. The quantitative estimate of drug-likeness (QED) is 0.809. The van der Waals surface area contributed by atoms with Gasteiger partial charge in [0.25, 0.3) is 0 Å². The summed E-state index contributed by atoms with van der Waals surface area (Å²) in [6.07, 6.45) is 0. The van der Waals surface area contributed by atoms with E-state index in [1.807, 2.05) is 32.0 Å². The maximum absolute atomic E-state index is 11.8. The zero-order valence-corrected chi connectivity index (χ0v) is 12.3. The molecular weight excluding hydrogens is 272 g/mol. The molecule has 0 fully saturated rings. The number of amides is 2. The molecule has 1 aromatic heterocycles. The van der Waals surface area contributed by atoms with Gasteiger partial charge < -0.3 is 15.7 Å². The number of aromatic hydroxyl groups is 1. The Morgan fingerprint density at radius 3 is 2.80 bits per heavy atom. The number of urea groups is 1. The van der Waals surface area contributed by atoms with Crippen LogP contribution in [0.4, 0.5) is 4.79 Å². The Labute approximate surface area is 122 Å². The van der Waals surface area contributed by atoms with Crippen LogP contribution in [0.15, 0.2) is 36.4 Å². The van der Waals surface area contributed by atoms with E-state index in [0.29, 0.717) is 6.54 Å². The number of hydrogen-bond acceptors (Lipinski definition) is 3. The maximum atomic E-state index is 11.8. The van der Waals surface area contributed by atoms with Crippen molar-refractivity contribution in [3.63, 3.8) is 0 Å². The molecule has 4 nitrogen and oxygen atoms in total. The lowest BCUT2D eigenvalue weighted by Gasteiger charge is -2.13. The fourth-order valence-corrected chi connectivity index (χ4v) is 2.73. The second-order valence-corrected chi connectivity index (χ2v) is 5.99. The summed E-state index contributed by atoms with van der Waals surface area (Å²) in [4.78, 5) is 14.2. The number of phenolic OH excluding ortho intramolecular Hbond substituents is 1. The van der Waals surface area contributed by atoms with Crippen molar-refractivity contribution in [2.75, 3.05) is 0 Å². The van der Waals surface area contributed by atoms with Crippen molar-refractivity contribution in [1.82, 2.24) is 10.6 Å². The zero-order chi connectivity index (χ0) is 14.5. The first kappa shape index (κ1) is 14.4. The molecule has 0 spiro atoms. The summed E-state index contributed by atoms with van der Waals surface area (Å²) in [6, 6.07) is 10.7. The van der Waals surface area contributed by atoms with Gasteiger partial charge in [0, 0.05) is 16.3 Å². The number of phenols is 1. The summed E-state index contributed by atoms with van der Waals surface area (Å²) in [7, 11) is 0. The summed E-state index contributed by atoms with van der Waals surface area (Å²) in [6.45, 7) is 4.39. The number of nitrogens with one attached hydrogen (secondary N) is 2. The van der Waals surface area contributed by atoms with Gasteiger partial charge in [-0.15, -0.1) is 11.3 Å². The van der Waals surface area contributed by atoms with Crippen LogP contribution in [0.5, 0.6) is 5.75 Å². The van der Waals surface area contributed by atoms with Gasteiger partial charge in [-0.2, -0.15) is 0 Å². The molecule has 1 aromatic carbocycles. The minimum atomic E-state index is -0.216. The summed E-state index contributed by atoms with van der Waals surface area (Å²) >= 11 is 1.68. The Kier molecular flexibility index (Phi) is 4.63. The van der Waals surface area contributed by atoms with Gasteiger partial charge in [-0.05, 0) is 43.7 Å². The van der Waals surface area contributed by atoms with E-state index < -0.39 is 0 Å². The average molecular weight is 290 g/mol. The largest absolute Gasteiger partial charge is 0.508 e. The average Bonchev–Trinajstić information content (AvgIpc) is 2.83. The van der Waals surface area contributed by atoms with Crippen molar-refractivity contribution in [2.24, 2.45) is 0 Å². The molecule has 0 saturated heterocycles. The summed E-state index contributed by atoms with van der Waals surface area (Å²) in [5.74, 6) is 0.201. The van der Waals surface area contributed by atoms with Crippen LogP contribution in [0, 0.1) is 6.92 Å². The molecule has 0 saturated carbocycles. The first-order valence-corrected chi connectivity index (χ1v) is 7.25. The molecule has 1 atom stereocenters. The van der Waals surface area contributed by atoms with Gasteiger partial charge in [0.15, 0.2) is 0 Å². The van der Waals surface area contributed by atoms with Gasteiger partial charge in [-0.3, -0.25) is 0 Å². The molecule has 0 unspecified atom stereocenters. The predicted molar refractivity (Wildman–Crippen MR) is 80.9 cm³/mol. The van der Waals surface area contributed by atoms with Crippen LogP contribution in [0.2, 0.25) is 0 Å². The van der Waals surface area contributed by atoms with Crippen LogP contribution in [0.3, 0.4) is 0 Å². The third kappa shape index (κ3) is 3.99. The Hall–Kier alpha value is -2.01. The topological polar surface area (TPSA) is 61.4 Å². The van der Waals surface area contributed by atoms with Crippen molar-refractivity contribution >= 4 is 17.4 Å². The smallest absolute Gasteiger partial charge is 0.315 e. The van der Waals surface area contributed by atoms with Crippen molar-refractivity contribution in [3.8, 4) is 5.75 Å². The van der Waals surface area contributed by atoms with Crippen molar-refractivity contribution in [2.45, 2.75) is 26.4 Å². The molecule has 2 amide bonds. The molecule has 2 aromatic rings. The second-order valence-electron chi connectivity index (χ2n) is 4.67. The van der Waals surface area contributed by atoms with Gasteiger partial charge >= 0.3 is 6.03 Å². The number of hydrogen-bond donors (Lipinski definition) is 3. The number of rotatable bonds is 4. The zero-order valence-electron chi connectivity index (χ0n) is 11.5. The van der Waals surface area contributed by atoms with Crippen molar-refractivity contribution in [1.29, 1.82) is 0 Å². The van der Waals surface area contributed by atoms with E-state index in [2.05, 4.69) is 10.6 Å². The Morgan fingerprint density at radius 2 is 2.15 bits per heavy atom. The standard InChI is InChI=1S/C15H18N2O2S/c1-10-6-7-14(20-10)11(2)17-15(19)16-9-12-4-3-5-13(18)8-12/h3-8,11,18H,9H2,1-2H3,(H2,16,17,19)/t11-/m1/s1. The highest BCUT2D eigenvalue weighted by Crippen LogP contribution is 2.22. The molecule has 20 heavy (non-hydrogen) atoms. The Balaban J connectivity index is 1.83. The van der Waals surface area contributed by atoms with Gasteiger partial charge in [0.1, 0.15) is 5.75 Å². The van der Waals surface area contributed by atoms with Crippen LogP contribution in [-0.4, -0.2) is 11.1 Å². The van der Waals surface area contributed by atoms with Gasteiger partial charge in [-0.1, -0.05) is 12.1 Å². The molecule has 1 heterocycles. The maximum Gasteiger partial charge on any atom is 0.315 e. The number of carbonyl (C=O) groups is 1. The summed E-state index contributed by atoms with van der Waals surface area (Å²) in [5, 5.41) is 15.0. The lowest BCUT2D eigenvalue weighted by Crippen LogP contribution is -2.36. The van der Waals surface area contributed by atoms with Gasteiger partial charge in [0.05, 0.1) is 6.04 Å². The molecule has 106 valence electrons. The summed E-state index contributed by atoms with van der Waals surface area (Å²) < 4.78 is 0. The number of thiophene rings is 1. The molecule has 0 bridgehead atoms. The van der Waals surface area contributed by atoms with E-state index in [1.54, 1.807) is 29.5 Å². The van der Waals surface area contributed by atoms with E-state index in [4.69, 9.17) is 0 Å².